The van der Waals surface area contributed by atoms with Gasteiger partial charge in [0.25, 0.3) is 5.91 Å². The minimum Gasteiger partial charge on any atom is -0.322 e. The Labute approximate surface area is 170 Å². The summed E-state index contributed by atoms with van der Waals surface area (Å²) in [6.07, 6.45) is 3.12. The number of aryl methyl sites for hydroxylation is 2. The molecular weight excluding hydrogens is 364 g/mol. The van der Waals surface area contributed by atoms with E-state index in [-0.39, 0.29) is 29.6 Å². The molecule has 2 bridgehead atoms. The fourth-order valence-corrected chi connectivity index (χ4v) is 5.70. The van der Waals surface area contributed by atoms with Gasteiger partial charge >= 0.3 is 0 Å². The third-order valence-corrected chi connectivity index (χ3v) is 6.77. The highest BCUT2D eigenvalue weighted by molar-refractivity contribution is 6.23. The lowest BCUT2D eigenvalue weighted by molar-refractivity contribution is -0.123. The van der Waals surface area contributed by atoms with Crippen molar-refractivity contribution in [2.75, 3.05) is 10.2 Å². The van der Waals surface area contributed by atoms with Crippen molar-refractivity contribution >= 4 is 29.1 Å². The van der Waals surface area contributed by atoms with Gasteiger partial charge in [-0.25, -0.2) is 0 Å². The third kappa shape index (κ3) is 2.87. The van der Waals surface area contributed by atoms with Gasteiger partial charge in [0.2, 0.25) is 11.8 Å². The number of anilines is 2. The van der Waals surface area contributed by atoms with Crippen molar-refractivity contribution in [1.29, 1.82) is 0 Å². The van der Waals surface area contributed by atoms with Crippen molar-refractivity contribution in [1.82, 2.24) is 0 Å². The van der Waals surface area contributed by atoms with Gasteiger partial charge in [0, 0.05) is 11.3 Å². The average molecular weight is 388 g/mol. The van der Waals surface area contributed by atoms with Crippen LogP contribution in [0.25, 0.3) is 0 Å². The van der Waals surface area contributed by atoms with Gasteiger partial charge in [-0.3, -0.25) is 19.3 Å². The summed E-state index contributed by atoms with van der Waals surface area (Å²) in [5.74, 6) is -0.0395. The summed E-state index contributed by atoms with van der Waals surface area (Å²) in [4.78, 5) is 40.2. The Bertz CT molecular complexity index is 996. The number of benzene rings is 2. The van der Waals surface area contributed by atoms with Gasteiger partial charge in [0.05, 0.1) is 17.5 Å². The Balaban J connectivity index is 1.41. The summed E-state index contributed by atoms with van der Waals surface area (Å²) in [7, 11) is 0. The van der Waals surface area contributed by atoms with Crippen molar-refractivity contribution in [2.24, 2.45) is 23.7 Å². The Kier molecular flexibility index (Phi) is 4.09. The van der Waals surface area contributed by atoms with Crippen LogP contribution in [0.15, 0.2) is 42.5 Å². The predicted octanol–water partition coefficient (Wildman–Crippen LogP) is 4.09. The second-order valence-electron chi connectivity index (χ2n) is 8.78. The molecule has 1 heterocycles. The van der Waals surface area contributed by atoms with Gasteiger partial charge in [-0.2, -0.15) is 0 Å². The number of nitrogens with one attached hydrogen (secondary N) is 1. The number of amides is 3. The molecule has 148 valence electrons. The molecule has 0 unspecified atom stereocenters. The molecule has 4 atom stereocenters. The highest BCUT2D eigenvalue weighted by Crippen LogP contribution is 2.56. The summed E-state index contributed by atoms with van der Waals surface area (Å²) in [5.41, 5.74) is 3.81. The normalized spacial score (nSPS) is 27.4. The van der Waals surface area contributed by atoms with E-state index in [1.165, 1.54) is 4.90 Å². The SMILES string of the molecule is Cc1cc(C)cc(NC(=O)c2cccc(N3C(=O)[C@H]4[C@H]5CC[C@@H](C5)[C@@H]4C3=O)c2)c1. The highest BCUT2D eigenvalue weighted by atomic mass is 16.2. The molecule has 2 aliphatic carbocycles. The third-order valence-electron chi connectivity index (χ3n) is 6.77. The lowest BCUT2D eigenvalue weighted by atomic mass is 9.81. The van der Waals surface area contributed by atoms with E-state index >= 15 is 0 Å². The monoisotopic (exact) mass is 388 g/mol. The molecule has 3 amide bonds. The van der Waals surface area contributed by atoms with Crippen LogP contribution < -0.4 is 10.2 Å². The van der Waals surface area contributed by atoms with Gasteiger partial charge < -0.3 is 5.32 Å². The van der Waals surface area contributed by atoms with E-state index in [4.69, 9.17) is 0 Å². The van der Waals surface area contributed by atoms with Crippen LogP contribution in [-0.2, 0) is 9.59 Å². The standard InChI is InChI=1S/C24H24N2O3/c1-13-8-14(2)10-18(9-13)25-22(27)17-4-3-5-19(12-17)26-23(28)20-15-6-7-16(11-15)21(20)24(26)29/h3-5,8-10,12,15-16,20-21H,6-7,11H2,1-2H3,(H,25,27)/t15-,16-,20-,21-/m0/s1. The number of rotatable bonds is 3. The van der Waals surface area contributed by atoms with E-state index in [9.17, 15) is 14.4 Å². The zero-order valence-electron chi connectivity index (χ0n) is 16.6. The van der Waals surface area contributed by atoms with Crippen LogP contribution in [0, 0.1) is 37.5 Å². The number of nitrogens with zero attached hydrogens (tertiary/aromatic N) is 1. The van der Waals surface area contributed by atoms with Crippen LogP contribution in [0.4, 0.5) is 11.4 Å². The van der Waals surface area contributed by atoms with Crippen LogP contribution in [0.5, 0.6) is 0 Å². The lowest BCUT2D eigenvalue weighted by Crippen LogP contribution is -2.33. The summed E-state index contributed by atoms with van der Waals surface area (Å²) in [5, 5.41) is 2.92. The van der Waals surface area contributed by atoms with E-state index < -0.39 is 0 Å². The van der Waals surface area contributed by atoms with Crippen LogP contribution in [-0.4, -0.2) is 17.7 Å². The maximum absolute atomic E-state index is 13.0. The quantitative estimate of drug-likeness (QED) is 0.806. The molecule has 29 heavy (non-hydrogen) atoms. The predicted molar refractivity (Wildman–Crippen MR) is 111 cm³/mol. The Morgan fingerprint density at radius 2 is 1.55 bits per heavy atom. The van der Waals surface area contributed by atoms with Crippen molar-refractivity contribution in [3.63, 3.8) is 0 Å². The molecule has 5 rings (SSSR count). The fraction of sp³-hybridized carbons (Fsp3) is 0.375. The molecule has 5 nitrogen and oxygen atoms in total. The van der Waals surface area contributed by atoms with E-state index in [2.05, 4.69) is 5.32 Å². The van der Waals surface area contributed by atoms with Crippen molar-refractivity contribution in [3.8, 4) is 0 Å². The van der Waals surface area contributed by atoms with Crippen molar-refractivity contribution in [2.45, 2.75) is 33.1 Å². The number of carbonyl (C=O) groups is 3. The zero-order chi connectivity index (χ0) is 20.3. The summed E-state index contributed by atoms with van der Waals surface area (Å²) < 4.78 is 0. The lowest BCUT2D eigenvalue weighted by Gasteiger charge is -2.19. The van der Waals surface area contributed by atoms with E-state index in [1.807, 2.05) is 32.0 Å². The first-order valence-corrected chi connectivity index (χ1v) is 10.3. The first-order chi connectivity index (χ1) is 13.9. The minimum absolute atomic E-state index is 0.0842. The smallest absolute Gasteiger partial charge is 0.255 e. The average Bonchev–Trinajstić information content (AvgIpc) is 3.35. The molecule has 0 radical (unpaired) electrons. The molecule has 1 N–H and O–H groups in total. The molecule has 3 fully saturated rings. The number of hydrogen-bond donors (Lipinski definition) is 1. The van der Waals surface area contributed by atoms with Gasteiger partial charge in [0.1, 0.15) is 0 Å². The van der Waals surface area contributed by atoms with Crippen LogP contribution >= 0.6 is 0 Å². The Morgan fingerprint density at radius 1 is 0.931 bits per heavy atom. The van der Waals surface area contributed by atoms with Crippen molar-refractivity contribution in [3.05, 3.63) is 59.2 Å². The first-order valence-electron chi connectivity index (χ1n) is 10.3. The second-order valence-corrected chi connectivity index (χ2v) is 8.78. The fourth-order valence-electron chi connectivity index (χ4n) is 5.70. The minimum atomic E-state index is -0.254. The van der Waals surface area contributed by atoms with Gasteiger partial charge in [0.15, 0.2) is 0 Å². The molecule has 0 aromatic heterocycles. The maximum Gasteiger partial charge on any atom is 0.255 e. The maximum atomic E-state index is 13.0. The molecule has 2 aromatic carbocycles. The van der Waals surface area contributed by atoms with Crippen LogP contribution in [0.2, 0.25) is 0 Å². The van der Waals surface area contributed by atoms with Gasteiger partial charge in [-0.05, 0) is 86.4 Å². The molecular formula is C24H24N2O3. The van der Waals surface area contributed by atoms with Crippen molar-refractivity contribution < 1.29 is 14.4 Å². The molecule has 3 aliphatic rings. The zero-order valence-corrected chi connectivity index (χ0v) is 16.6. The molecule has 2 saturated carbocycles. The number of hydrogen-bond acceptors (Lipinski definition) is 3. The summed E-state index contributed by atoms with van der Waals surface area (Å²) in [6, 6.07) is 12.7. The molecule has 5 heteroatoms. The first kappa shape index (κ1) is 18.1. The Morgan fingerprint density at radius 3 is 2.17 bits per heavy atom. The number of imide groups is 1. The molecule has 0 spiro atoms. The second kappa shape index (κ2) is 6.55. The van der Waals surface area contributed by atoms with Crippen LogP contribution in [0.1, 0.15) is 40.7 Å². The molecule has 2 aromatic rings. The van der Waals surface area contributed by atoms with E-state index in [1.54, 1.807) is 24.3 Å². The van der Waals surface area contributed by atoms with Crippen LogP contribution in [0.3, 0.4) is 0 Å². The topological polar surface area (TPSA) is 66.5 Å². The number of carbonyl (C=O) groups excluding carboxylic acids is 3. The summed E-state index contributed by atoms with van der Waals surface area (Å²) >= 11 is 0. The largest absolute Gasteiger partial charge is 0.322 e. The molecule has 1 aliphatic heterocycles. The Hall–Kier alpha value is -2.95. The summed E-state index contributed by atoms with van der Waals surface area (Å²) in [6.45, 7) is 3.97. The van der Waals surface area contributed by atoms with Gasteiger partial charge in [-0.15, -0.1) is 0 Å². The van der Waals surface area contributed by atoms with E-state index in [0.717, 1.165) is 36.1 Å². The highest BCUT2D eigenvalue weighted by Gasteiger charge is 2.61. The van der Waals surface area contributed by atoms with E-state index in [0.29, 0.717) is 23.1 Å². The molecule has 1 saturated heterocycles. The van der Waals surface area contributed by atoms with Gasteiger partial charge in [-0.1, -0.05) is 12.1 Å². The number of fused-ring (bicyclic) bond motifs is 5.